The molecule has 1 aromatic carbocycles. The molecule has 1 amide bonds. The first-order chi connectivity index (χ1) is 10.1. The van der Waals surface area contributed by atoms with Gasteiger partial charge in [-0.3, -0.25) is 4.79 Å². The minimum atomic E-state index is -0.630. The van der Waals surface area contributed by atoms with Crippen LogP contribution in [0.5, 0.6) is 11.5 Å². The van der Waals surface area contributed by atoms with E-state index in [0.29, 0.717) is 19.4 Å². The van der Waals surface area contributed by atoms with Crippen LogP contribution in [0.25, 0.3) is 0 Å². The zero-order valence-corrected chi connectivity index (χ0v) is 12.7. The lowest BCUT2D eigenvalue weighted by atomic mass is 9.97. The third kappa shape index (κ3) is 3.67. The van der Waals surface area contributed by atoms with Crippen molar-refractivity contribution in [2.24, 2.45) is 5.73 Å². The molecule has 0 bridgehead atoms. The first kappa shape index (κ1) is 15.6. The van der Waals surface area contributed by atoms with Gasteiger partial charge >= 0.3 is 0 Å². The molecule has 2 atom stereocenters. The van der Waals surface area contributed by atoms with Gasteiger partial charge in [0.05, 0.1) is 6.61 Å². The summed E-state index contributed by atoms with van der Waals surface area (Å²) in [7, 11) is 1.77. The topological polar surface area (TPSA) is 73.6 Å². The van der Waals surface area contributed by atoms with Gasteiger partial charge in [-0.1, -0.05) is 6.92 Å². The molecule has 1 fully saturated rings. The lowest BCUT2D eigenvalue weighted by Crippen LogP contribution is -2.52. The minimum absolute atomic E-state index is 0.00681. The van der Waals surface area contributed by atoms with E-state index in [-0.39, 0.29) is 12.0 Å². The van der Waals surface area contributed by atoms with Crippen LogP contribution < -0.4 is 20.5 Å². The molecule has 1 aliphatic rings. The molecule has 3 N–H and O–H groups in total. The Labute approximate surface area is 125 Å². The van der Waals surface area contributed by atoms with Crippen molar-refractivity contribution in [2.45, 2.75) is 44.2 Å². The number of hydrogen-bond donors (Lipinski definition) is 2. The van der Waals surface area contributed by atoms with Crippen LogP contribution in [0.3, 0.4) is 0 Å². The molecule has 0 aromatic heterocycles. The average Bonchev–Trinajstić information content (AvgIpc) is 2.91. The summed E-state index contributed by atoms with van der Waals surface area (Å²) in [6.07, 6.45) is 3.12. The average molecular weight is 292 g/mol. The van der Waals surface area contributed by atoms with Gasteiger partial charge in [-0.2, -0.15) is 0 Å². The summed E-state index contributed by atoms with van der Waals surface area (Å²) < 4.78 is 11.5. The lowest BCUT2D eigenvalue weighted by Gasteiger charge is -2.24. The van der Waals surface area contributed by atoms with Crippen LogP contribution in [0.1, 0.15) is 32.6 Å². The van der Waals surface area contributed by atoms with Crippen LogP contribution in [0.2, 0.25) is 0 Å². The van der Waals surface area contributed by atoms with Crippen molar-refractivity contribution in [3.63, 3.8) is 0 Å². The maximum Gasteiger partial charge on any atom is 0.237 e. The highest BCUT2D eigenvalue weighted by Gasteiger charge is 2.43. The fourth-order valence-corrected chi connectivity index (χ4v) is 2.70. The number of amides is 1. The number of nitrogens with one attached hydrogen (secondary N) is 1. The Bertz CT molecular complexity index is 475. The summed E-state index contributed by atoms with van der Waals surface area (Å²) in [5, 5.41) is 3.05. The third-order valence-electron chi connectivity index (χ3n) is 4.02. The normalized spacial score (nSPS) is 24.8. The van der Waals surface area contributed by atoms with Gasteiger partial charge in [0.15, 0.2) is 0 Å². The second-order valence-corrected chi connectivity index (χ2v) is 5.50. The number of nitrogens with two attached hydrogens (primary N) is 1. The van der Waals surface area contributed by atoms with Crippen molar-refractivity contribution in [1.29, 1.82) is 0 Å². The molecule has 116 valence electrons. The van der Waals surface area contributed by atoms with Crippen molar-refractivity contribution < 1.29 is 14.3 Å². The predicted octanol–water partition coefficient (Wildman–Crippen LogP) is 1.85. The van der Waals surface area contributed by atoms with Gasteiger partial charge in [-0.25, -0.2) is 0 Å². The van der Waals surface area contributed by atoms with Crippen LogP contribution in [-0.4, -0.2) is 31.2 Å². The SMILES string of the molecule is CCCOc1ccc(OC2CCC(NC)(C(N)=O)C2)cc1. The maximum absolute atomic E-state index is 11.6. The molecule has 2 rings (SSSR count). The highest BCUT2D eigenvalue weighted by Crippen LogP contribution is 2.32. The second kappa shape index (κ2) is 6.80. The number of carbonyl (C=O) groups excluding carboxylic acids is 1. The Morgan fingerprint density at radius 3 is 2.57 bits per heavy atom. The van der Waals surface area contributed by atoms with Crippen LogP contribution in [0.4, 0.5) is 0 Å². The Kier molecular flexibility index (Phi) is 5.07. The quantitative estimate of drug-likeness (QED) is 0.804. The predicted molar refractivity (Wildman–Crippen MR) is 81.5 cm³/mol. The fraction of sp³-hybridized carbons (Fsp3) is 0.562. The highest BCUT2D eigenvalue weighted by atomic mass is 16.5. The standard InChI is InChI=1S/C16H24N2O3/c1-3-10-20-12-4-6-13(7-5-12)21-14-8-9-16(11-14,18-2)15(17)19/h4-7,14,18H,3,8-11H2,1-2H3,(H2,17,19). The van der Waals surface area contributed by atoms with Crippen LogP contribution >= 0.6 is 0 Å². The van der Waals surface area contributed by atoms with E-state index in [2.05, 4.69) is 12.2 Å². The Balaban J connectivity index is 1.92. The molecule has 5 heteroatoms. The van der Waals surface area contributed by atoms with Crippen LogP contribution in [0, 0.1) is 0 Å². The van der Waals surface area contributed by atoms with E-state index in [1.165, 1.54) is 0 Å². The molecule has 0 aliphatic heterocycles. The summed E-state index contributed by atoms with van der Waals surface area (Å²) in [5.41, 5.74) is 4.86. The summed E-state index contributed by atoms with van der Waals surface area (Å²) >= 11 is 0. The van der Waals surface area contributed by atoms with Gasteiger partial charge in [0.2, 0.25) is 5.91 Å². The van der Waals surface area contributed by atoms with E-state index in [1.54, 1.807) is 7.05 Å². The molecule has 0 spiro atoms. The first-order valence-electron chi connectivity index (χ1n) is 7.48. The summed E-state index contributed by atoms with van der Waals surface area (Å²) in [5.74, 6) is 1.33. The van der Waals surface area contributed by atoms with E-state index in [9.17, 15) is 4.79 Å². The molecule has 2 unspecified atom stereocenters. The number of likely N-dealkylation sites (N-methyl/N-ethyl adjacent to an activating group) is 1. The van der Waals surface area contributed by atoms with E-state index >= 15 is 0 Å². The first-order valence-corrected chi connectivity index (χ1v) is 7.48. The molecule has 1 aliphatic carbocycles. The molecule has 0 saturated heterocycles. The Hall–Kier alpha value is -1.75. The van der Waals surface area contributed by atoms with Gasteiger partial charge in [0.1, 0.15) is 23.1 Å². The monoisotopic (exact) mass is 292 g/mol. The lowest BCUT2D eigenvalue weighted by molar-refractivity contribution is -0.124. The van der Waals surface area contributed by atoms with Gasteiger partial charge in [-0.15, -0.1) is 0 Å². The van der Waals surface area contributed by atoms with E-state index < -0.39 is 5.54 Å². The molecule has 1 saturated carbocycles. The molecule has 0 heterocycles. The van der Waals surface area contributed by atoms with Gasteiger partial charge in [-0.05, 0) is 50.6 Å². The Morgan fingerprint density at radius 1 is 1.38 bits per heavy atom. The van der Waals surface area contributed by atoms with Crippen molar-refractivity contribution in [2.75, 3.05) is 13.7 Å². The van der Waals surface area contributed by atoms with E-state index in [0.717, 1.165) is 24.3 Å². The minimum Gasteiger partial charge on any atom is -0.494 e. The number of primary amides is 1. The van der Waals surface area contributed by atoms with Gasteiger partial charge < -0.3 is 20.5 Å². The van der Waals surface area contributed by atoms with Crippen molar-refractivity contribution in [3.8, 4) is 11.5 Å². The summed E-state index contributed by atoms with van der Waals surface area (Å²) in [4.78, 5) is 11.6. The number of ether oxygens (including phenoxy) is 2. The molecular weight excluding hydrogens is 268 g/mol. The molecule has 0 radical (unpaired) electrons. The van der Waals surface area contributed by atoms with Crippen molar-refractivity contribution in [3.05, 3.63) is 24.3 Å². The van der Waals surface area contributed by atoms with Gasteiger partial charge in [0.25, 0.3) is 0 Å². The number of carbonyl (C=O) groups is 1. The van der Waals surface area contributed by atoms with Crippen molar-refractivity contribution in [1.82, 2.24) is 5.32 Å². The van der Waals surface area contributed by atoms with Crippen molar-refractivity contribution >= 4 is 5.91 Å². The highest BCUT2D eigenvalue weighted by molar-refractivity contribution is 5.85. The number of benzene rings is 1. The zero-order valence-electron chi connectivity index (χ0n) is 12.7. The van der Waals surface area contributed by atoms with Gasteiger partial charge in [0, 0.05) is 6.42 Å². The molecule has 5 nitrogen and oxygen atoms in total. The number of hydrogen-bond acceptors (Lipinski definition) is 4. The second-order valence-electron chi connectivity index (χ2n) is 5.50. The smallest absolute Gasteiger partial charge is 0.237 e. The summed E-state index contributed by atoms with van der Waals surface area (Å²) in [6, 6.07) is 7.60. The zero-order chi connectivity index (χ0) is 15.3. The van der Waals surface area contributed by atoms with Crippen LogP contribution in [0.15, 0.2) is 24.3 Å². The molecule has 1 aromatic rings. The molecular formula is C16H24N2O3. The third-order valence-corrected chi connectivity index (χ3v) is 4.02. The van der Waals surface area contributed by atoms with E-state index in [4.69, 9.17) is 15.2 Å². The Morgan fingerprint density at radius 2 is 2.05 bits per heavy atom. The maximum atomic E-state index is 11.6. The van der Waals surface area contributed by atoms with Crippen LogP contribution in [-0.2, 0) is 4.79 Å². The number of rotatable bonds is 7. The fourth-order valence-electron chi connectivity index (χ4n) is 2.70. The largest absolute Gasteiger partial charge is 0.494 e. The summed E-state index contributed by atoms with van der Waals surface area (Å²) in [6.45, 7) is 2.79. The molecule has 21 heavy (non-hydrogen) atoms. The van der Waals surface area contributed by atoms with E-state index in [1.807, 2.05) is 24.3 Å².